The Bertz CT molecular complexity index is 382. The van der Waals surface area contributed by atoms with Gasteiger partial charge in [-0.25, -0.2) is 0 Å². The van der Waals surface area contributed by atoms with Crippen molar-refractivity contribution < 1.29 is 14.6 Å². The van der Waals surface area contributed by atoms with Crippen LogP contribution in [0.15, 0.2) is 24.3 Å². The van der Waals surface area contributed by atoms with Gasteiger partial charge < -0.3 is 24.8 Å². The van der Waals surface area contributed by atoms with Gasteiger partial charge >= 0.3 is 0 Å². The SMILES string of the molecule is COc1ccc(OCC(O)CNCCN(C)C(C)C)cc1. The maximum absolute atomic E-state index is 9.86. The summed E-state index contributed by atoms with van der Waals surface area (Å²) in [6.45, 7) is 6.95. The molecule has 5 nitrogen and oxygen atoms in total. The predicted molar refractivity (Wildman–Crippen MR) is 85.1 cm³/mol. The van der Waals surface area contributed by atoms with E-state index < -0.39 is 6.10 Å². The number of nitrogens with one attached hydrogen (secondary N) is 1. The normalized spacial score (nSPS) is 12.7. The Kier molecular flexibility index (Phi) is 8.12. The number of benzene rings is 1. The zero-order valence-corrected chi connectivity index (χ0v) is 13.5. The van der Waals surface area contributed by atoms with E-state index in [0.29, 0.717) is 12.6 Å². The van der Waals surface area contributed by atoms with Crippen LogP contribution in [-0.2, 0) is 0 Å². The minimum Gasteiger partial charge on any atom is -0.497 e. The quantitative estimate of drug-likeness (QED) is 0.639. The fourth-order valence-corrected chi connectivity index (χ4v) is 1.71. The molecule has 1 aromatic rings. The lowest BCUT2D eigenvalue weighted by Crippen LogP contribution is -2.37. The van der Waals surface area contributed by atoms with E-state index in [1.165, 1.54) is 0 Å². The summed E-state index contributed by atoms with van der Waals surface area (Å²) in [4.78, 5) is 2.26. The van der Waals surface area contributed by atoms with E-state index in [2.05, 4.69) is 31.1 Å². The topological polar surface area (TPSA) is 54.0 Å². The monoisotopic (exact) mass is 296 g/mol. The summed E-state index contributed by atoms with van der Waals surface area (Å²) in [7, 11) is 3.72. The lowest BCUT2D eigenvalue weighted by atomic mass is 10.3. The Morgan fingerprint density at radius 1 is 1.19 bits per heavy atom. The molecule has 0 spiro atoms. The Morgan fingerprint density at radius 2 is 1.81 bits per heavy atom. The summed E-state index contributed by atoms with van der Waals surface area (Å²) in [6.07, 6.45) is -0.517. The van der Waals surface area contributed by atoms with Gasteiger partial charge in [0.2, 0.25) is 0 Å². The van der Waals surface area contributed by atoms with Crippen molar-refractivity contribution in [2.45, 2.75) is 26.0 Å². The lowest BCUT2D eigenvalue weighted by molar-refractivity contribution is 0.105. The van der Waals surface area contributed by atoms with Crippen molar-refractivity contribution in [3.8, 4) is 11.5 Å². The van der Waals surface area contributed by atoms with Crippen LogP contribution in [0.5, 0.6) is 11.5 Å². The summed E-state index contributed by atoms with van der Waals surface area (Å²) < 4.78 is 10.6. The first-order valence-corrected chi connectivity index (χ1v) is 7.38. The molecule has 0 aliphatic rings. The smallest absolute Gasteiger partial charge is 0.119 e. The number of hydrogen-bond donors (Lipinski definition) is 2. The molecule has 0 heterocycles. The molecule has 0 aliphatic carbocycles. The van der Waals surface area contributed by atoms with E-state index in [0.717, 1.165) is 24.6 Å². The standard InChI is InChI=1S/C16H28N2O3/c1-13(2)18(3)10-9-17-11-14(19)12-21-16-7-5-15(20-4)6-8-16/h5-8,13-14,17,19H,9-12H2,1-4H3. The van der Waals surface area contributed by atoms with Gasteiger partial charge in [0.05, 0.1) is 7.11 Å². The number of rotatable bonds is 10. The second kappa shape index (κ2) is 9.60. The number of methoxy groups -OCH3 is 1. The summed E-state index contributed by atoms with van der Waals surface area (Å²) in [6, 6.07) is 7.87. The average molecular weight is 296 g/mol. The summed E-state index contributed by atoms with van der Waals surface area (Å²) >= 11 is 0. The van der Waals surface area contributed by atoms with Crippen LogP contribution in [0.25, 0.3) is 0 Å². The van der Waals surface area contributed by atoms with Gasteiger partial charge in [0, 0.05) is 25.7 Å². The number of likely N-dealkylation sites (N-methyl/N-ethyl adjacent to an activating group) is 1. The Hall–Kier alpha value is -1.30. The van der Waals surface area contributed by atoms with Crippen LogP contribution in [0.2, 0.25) is 0 Å². The molecule has 1 aromatic carbocycles. The Morgan fingerprint density at radius 3 is 2.38 bits per heavy atom. The molecule has 5 heteroatoms. The van der Waals surface area contributed by atoms with Gasteiger partial charge in [0.25, 0.3) is 0 Å². The first-order chi connectivity index (χ1) is 10.0. The summed E-state index contributed by atoms with van der Waals surface area (Å²) in [5.41, 5.74) is 0. The van der Waals surface area contributed by atoms with Crippen molar-refractivity contribution in [2.75, 3.05) is 40.4 Å². The minimum absolute atomic E-state index is 0.277. The molecule has 0 bridgehead atoms. The van der Waals surface area contributed by atoms with Crippen molar-refractivity contribution in [1.82, 2.24) is 10.2 Å². The maximum Gasteiger partial charge on any atom is 0.119 e. The first kappa shape index (κ1) is 17.8. The molecule has 0 aliphatic heterocycles. The number of aliphatic hydroxyl groups excluding tert-OH is 1. The Balaban J connectivity index is 2.14. The zero-order chi connectivity index (χ0) is 15.7. The van der Waals surface area contributed by atoms with E-state index in [-0.39, 0.29) is 6.61 Å². The molecule has 2 N–H and O–H groups in total. The number of ether oxygens (including phenoxy) is 2. The number of hydrogen-bond acceptors (Lipinski definition) is 5. The highest BCUT2D eigenvalue weighted by atomic mass is 16.5. The average Bonchev–Trinajstić information content (AvgIpc) is 2.49. The van der Waals surface area contributed by atoms with E-state index >= 15 is 0 Å². The highest BCUT2D eigenvalue weighted by molar-refractivity contribution is 5.31. The van der Waals surface area contributed by atoms with E-state index in [1.54, 1.807) is 7.11 Å². The first-order valence-electron chi connectivity index (χ1n) is 7.38. The van der Waals surface area contributed by atoms with Crippen LogP contribution in [0.4, 0.5) is 0 Å². The van der Waals surface area contributed by atoms with Gasteiger partial charge in [0.1, 0.15) is 24.2 Å². The molecule has 1 unspecified atom stereocenters. The molecule has 0 amide bonds. The van der Waals surface area contributed by atoms with E-state index in [9.17, 15) is 5.11 Å². The van der Waals surface area contributed by atoms with Crippen LogP contribution < -0.4 is 14.8 Å². The maximum atomic E-state index is 9.86. The fourth-order valence-electron chi connectivity index (χ4n) is 1.71. The van der Waals surface area contributed by atoms with Crippen LogP contribution in [-0.4, -0.2) is 62.6 Å². The number of aliphatic hydroxyl groups is 1. The third-order valence-electron chi connectivity index (χ3n) is 3.40. The third kappa shape index (κ3) is 7.32. The van der Waals surface area contributed by atoms with Gasteiger partial charge in [-0.3, -0.25) is 0 Å². The van der Waals surface area contributed by atoms with Crippen molar-refractivity contribution in [1.29, 1.82) is 0 Å². The van der Waals surface area contributed by atoms with Crippen molar-refractivity contribution in [2.24, 2.45) is 0 Å². The van der Waals surface area contributed by atoms with Crippen LogP contribution in [0, 0.1) is 0 Å². The molecule has 1 rings (SSSR count). The summed E-state index contributed by atoms with van der Waals surface area (Å²) in [5, 5.41) is 13.1. The molecule has 0 radical (unpaired) electrons. The molecule has 1 atom stereocenters. The van der Waals surface area contributed by atoms with Crippen LogP contribution >= 0.6 is 0 Å². The van der Waals surface area contributed by atoms with Gasteiger partial charge in [-0.1, -0.05) is 0 Å². The number of nitrogens with zero attached hydrogens (tertiary/aromatic N) is 1. The third-order valence-corrected chi connectivity index (χ3v) is 3.40. The van der Waals surface area contributed by atoms with E-state index in [1.807, 2.05) is 24.3 Å². The zero-order valence-electron chi connectivity index (χ0n) is 13.5. The molecule has 0 aromatic heterocycles. The second-order valence-electron chi connectivity index (χ2n) is 5.42. The molecular formula is C16H28N2O3. The fraction of sp³-hybridized carbons (Fsp3) is 0.625. The van der Waals surface area contributed by atoms with Crippen molar-refractivity contribution in [3.05, 3.63) is 24.3 Å². The van der Waals surface area contributed by atoms with Gasteiger partial charge in [-0.15, -0.1) is 0 Å². The molecule has 0 fully saturated rings. The molecular weight excluding hydrogens is 268 g/mol. The highest BCUT2D eigenvalue weighted by Crippen LogP contribution is 2.16. The van der Waals surface area contributed by atoms with Gasteiger partial charge in [0.15, 0.2) is 0 Å². The largest absolute Gasteiger partial charge is 0.497 e. The van der Waals surface area contributed by atoms with Crippen molar-refractivity contribution >= 4 is 0 Å². The van der Waals surface area contributed by atoms with Crippen LogP contribution in [0.1, 0.15) is 13.8 Å². The second-order valence-corrected chi connectivity index (χ2v) is 5.42. The van der Waals surface area contributed by atoms with Crippen molar-refractivity contribution in [3.63, 3.8) is 0 Å². The van der Waals surface area contributed by atoms with E-state index in [4.69, 9.17) is 9.47 Å². The Labute approximate surface area is 127 Å². The lowest BCUT2D eigenvalue weighted by Gasteiger charge is -2.21. The minimum atomic E-state index is -0.517. The molecule has 0 saturated heterocycles. The predicted octanol–water partition coefficient (Wildman–Crippen LogP) is 1.36. The van der Waals surface area contributed by atoms with Gasteiger partial charge in [-0.05, 0) is 45.2 Å². The van der Waals surface area contributed by atoms with Crippen LogP contribution in [0.3, 0.4) is 0 Å². The van der Waals surface area contributed by atoms with Gasteiger partial charge in [-0.2, -0.15) is 0 Å². The molecule has 21 heavy (non-hydrogen) atoms. The highest BCUT2D eigenvalue weighted by Gasteiger charge is 2.06. The summed E-state index contributed by atoms with van der Waals surface area (Å²) in [5.74, 6) is 1.52. The molecule has 0 saturated carbocycles. The molecule has 120 valence electrons.